The Hall–Kier alpha value is -7.16. The minimum Gasteiger partial charge on any atom is -0.245 e. The van der Waals surface area contributed by atoms with Gasteiger partial charge < -0.3 is 0 Å². The van der Waals surface area contributed by atoms with Gasteiger partial charge in [0.1, 0.15) is 11.6 Å². The quantitative estimate of drug-likeness (QED) is 0.102. The van der Waals surface area contributed by atoms with E-state index in [4.69, 9.17) is 23.1 Å². The van der Waals surface area contributed by atoms with E-state index in [1.807, 2.05) is 0 Å². The Morgan fingerprint density at radius 1 is 0.519 bits per heavy atom. The van der Waals surface area contributed by atoms with Crippen molar-refractivity contribution in [1.82, 2.24) is 9.97 Å². The molecule has 6 nitrogen and oxygen atoms in total. The molecular weight excluding hydrogens is 692 g/mol. The van der Waals surface area contributed by atoms with Crippen LogP contribution in [0.3, 0.4) is 0 Å². The van der Waals surface area contributed by atoms with E-state index in [9.17, 15) is 45.6 Å². The van der Waals surface area contributed by atoms with E-state index in [-0.39, 0.29) is 78.4 Å². The van der Waals surface area contributed by atoms with Gasteiger partial charge in [-0.1, -0.05) is 24.3 Å². The summed E-state index contributed by atoms with van der Waals surface area (Å²) in [5, 5.41) is 19.9. The zero-order valence-corrected chi connectivity index (χ0v) is 25.6. The van der Waals surface area contributed by atoms with Crippen LogP contribution in [0.5, 0.6) is 0 Å². The van der Waals surface area contributed by atoms with Crippen LogP contribution in [0.2, 0.25) is 0 Å². The predicted molar refractivity (Wildman–Crippen MR) is 170 cm³/mol. The molecule has 0 saturated carbocycles. The fourth-order valence-electron chi connectivity index (χ4n) is 6.28. The zero-order chi connectivity index (χ0) is 37.3. The molecular formula is C38H12F8N6. The third-order valence-electron chi connectivity index (χ3n) is 8.48. The van der Waals surface area contributed by atoms with Gasteiger partial charge in [0.05, 0.1) is 59.2 Å². The number of halogens is 8. The van der Waals surface area contributed by atoms with Gasteiger partial charge in [0.25, 0.3) is 11.4 Å². The smallest absolute Gasteiger partial charge is 0.245 e. The minimum atomic E-state index is -4.85. The molecule has 1 aromatic heterocycles. The molecule has 2 aliphatic rings. The third-order valence-corrected chi connectivity index (χ3v) is 8.48. The number of fused-ring (bicyclic) bond motifs is 6. The Kier molecular flexibility index (Phi) is 7.52. The van der Waals surface area contributed by atoms with Crippen molar-refractivity contribution in [2.24, 2.45) is 0 Å². The average molecular weight is 705 g/mol. The van der Waals surface area contributed by atoms with E-state index in [1.165, 1.54) is 36.4 Å². The van der Waals surface area contributed by atoms with Crippen LogP contribution >= 0.6 is 0 Å². The molecule has 0 atom stereocenters. The lowest BCUT2D eigenvalue weighted by Gasteiger charge is -2.11. The van der Waals surface area contributed by atoms with Gasteiger partial charge in [-0.2, -0.15) is 26.3 Å². The number of alkyl halides is 6. The van der Waals surface area contributed by atoms with Crippen molar-refractivity contribution in [3.05, 3.63) is 152 Å². The Labute approximate surface area is 288 Å². The number of rotatable bonds is 2. The molecule has 0 amide bonds. The third kappa shape index (κ3) is 5.31. The van der Waals surface area contributed by atoms with Gasteiger partial charge in [0.15, 0.2) is 0 Å². The highest BCUT2D eigenvalue weighted by molar-refractivity contribution is 6.07. The Balaban J connectivity index is 1.45. The van der Waals surface area contributed by atoms with Gasteiger partial charge in [-0.15, -0.1) is 0 Å². The molecule has 250 valence electrons. The van der Waals surface area contributed by atoms with Crippen molar-refractivity contribution in [1.29, 1.82) is 10.5 Å². The van der Waals surface area contributed by atoms with E-state index < -0.39 is 46.5 Å². The lowest BCUT2D eigenvalue weighted by Crippen LogP contribution is -2.05. The van der Waals surface area contributed by atoms with Gasteiger partial charge in [-0.25, -0.2) is 39.0 Å². The van der Waals surface area contributed by atoms with Crippen LogP contribution in [0, 0.1) is 47.4 Å². The number of nitrogens with zero attached hydrogens (tertiary/aromatic N) is 6. The molecule has 7 rings (SSSR count). The number of benzene rings is 4. The summed E-state index contributed by atoms with van der Waals surface area (Å²) in [5.41, 5.74) is -2.28. The lowest BCUT2D eigenvalue weighted by molar-refractivity contribution is -0.138. The maximum atomic E-state index is 14.3. The summed E-state index contributed by atoms with van der Waals surface area (Å²) in [5.74, 6) is -2.29. The van der Waals surface area contributed by atoms with Crippen LogP contribution in [-0.2, 0) is 12.4 Å². The van der Waals surface area contributed by atoms with Gasteiger partial charge in [0.2, 0.25) is 0 Å². The van der Waals surface area contributed by atoms with Crippen molar-refractivity contribution < 1.29 is 35.1 Å². The monoisotopic (exact) mass is 704 g/mol. The molecule has 0 unspecified atom stereocenters. The molecule has 0 aliphatic heterocycles. The molecule has 0 N–H and O–H groups in total. The van der Waals surface area contributed by atoms with Crippen LogP contribution in [0.1, 0.15) is 33.6 Å². The van der Waals surface area contributed by atoms with Crippen molar-refractivity contribution in [3.63, 3.8) is 0 Å². The highest BCUT2D eigenvalue weighted by atomic mass is 19.4. The summed E-state index contributed by atoms with van der Waals surface area (Å²) >= 11 is 0. The Bertz CT molecular complexity index is 2460. The van der Waals surface area contributed by atoms with Gasteiger partial charge in [-0.05, 0) is 81.9 Å². The highest BCUT2D eigenvalue weighted by Crippen LogP contribution is 2.51. The second-order valence-corrected chi connectivity index (χ2v) is 11.5. The maximum Gasteiger partial charge on any atom is 0.416 e. The van der Waals surface area contributed by atoms with E-state index >= 15 is 0 Å². The van der Waals surface area contributed by atoms with Gasteiger partial charge in [-0.3, -0.25) is 0 Å². The molecule has 1 heterocycles. The second-order valence-electron chi connectivity index (χ2n) is 11.5. The SMILES string of the molecule is [C-]#[N+]/C(C#N)=C1/c2cc(-c3cc(F)cc(C(F)(F)F)c3)ccc2-c2nc3c(nc21)-c1ccc(-c2cc(F)cc(C(F)(F)F)c2)cc1/C3=C(/C#N)[N+]#[C-]. The summed E-state index contributed by atoms with van der Waals surface area (Å²) in [7, 11) is 0. The number of hydrogen-bond donors (Lipinski definition) is 0. The fraction of sp³-hybridized carbons (Fsp3) is 0.0526. The van der Waals surface area contributed by atoms with E-state index in [1.54, 1.807) is 12.1 Å². The van der Waals surface area contributed by atoms with Crippen LogP contribution in [-0.4, -0.2) is 9.97 Å². The van der Waals surface area contributed by atoms with Crippen LogP contribution < -0.4 is 0 Å². The molecule has 52 heavy (non-hydrogen) atoms. The van der Waals surface area contributed by atoms with Crippen LogP contribution in [0.4, 0.5) is 35.1 Å². The molecule has 4 aromatic carbocycles. The first-order valence-electron chi connectivity index (χ1n) is 14.7. The first-order chi connectivity index (χ1) is 24.7. The lowest BCUT2D eigenvalue weighted by atomic mass is 9.96. The Morgan fingerprint density at radius 2 is 0.904 bits per heavy atom. The molecule has 0 bridgehead atoms. The summed E-state index contributed by atoms with van der Waals surface area (Å²) in [6, 6.07) is 16.0. The summed E-state index contributed by atoms with van der Waals surface area (Å²) < 4.78 is 110. The first kappa shape index (κ1) is 33.3. The minimum absolute atomic E-state index is 0.0196. The van der Waals surface area contributed by atoms with Crippen molar-refractivity contribution in [3.8, 4) is 56.9 Å². The normalized spacial score (nSPS) is 14.5. The number of nitriles is 2. The standard InChI is InChI=1S/C38H12F8N6/c1-49-29(15-47)31-27-11-17(19-7-21(37(41,42)43)13-23(39)9-19)3-5-25(27)33-35(31)51-34-26-6-4-18(20-8-22(38(44,45)46)14-24(40)10-20)12-28(26)32(36(34)52-33)30(16-48)50-2/h3-14H/b31-29-,32-30+. The summed E-state index contributed by atoms with van der Waals surface area (Å²) in [4.78, 5) is 16.1. The molecule has 14 heteroatoms. The van der Waals surface area contributed by atoms with Crippen LogP contribution in [0.15, 0.2) is 84.2 Å². The molecule has 0 fully saturated rings. The molecule has 0 spiro atoms. The summed E-state index contributed by atoms with van der Waals surface area (Å²) in [6.45, 7) is 15.4. The van der Waals surface area contributed by atoms with Crippen molar-refractivity contribution >= 4 is 11.1 Å². The molecule has 0 saturated heterocycles. The van der Waals surface area contributed by atoms with Crippen molar-refractivity contribution in [2.45, 2.75) is 12.4 Å². The number of aromatic nitrogens is 2. The van der Waals surface area contributed by atoms with E-state index in [0.29, 0.717) is 12.1 Å². The Morgan fingerprint density at radius 3 is 1.23 bits per heavy atom. The topological polar surface area (TPSA) is 82.1 Å². The number of hydrogen-bond acceptors (Lipinski definition) is 4. The molecule has 5 aromatic rings. The summed E-state index contributed by atoms with van der Waals surface area (Å²) in [6.07, 6.45) is -9.69. The highest BCUT2D eigenvalue weighted by Gasteiger charge is 2.37. The predicted octanol–water partition coefficient (Wildman–Crippen LogP) is 10.5. The van der Waals surface area contributed by atoms with E-state index in [0.717, 1.165) is 24.3 Å². The average Bonchev–Trinajstić information content (AvgIpc) is 3.58. The van der Waals surface area contributed by atoms with Crippen LogP contribution in [0.25, 0.3) is 65.6 Å². The van der Waals surface area contributed by atoms with Gasteiger partial charge >= 0.3 is 12.4 Å². The largest absolute Gasteiger partial charge is 0.416 e. The van der Waals surface area contributed by atoms with Gasteiger partial charge in [0, 0.05) is 22.3 Å². The molecule has 0 radical (unpaired) electrons. The number of allylic oxidation sites excluding steroid dienone is 2. The second kappa shape index (κ2) is 11.7. The zero-order valence-electron chi connectivity index (χ0n) is 25.6. The van der Waals surface area contributed by atoms with E-state index in [2.05, 4.69) is 9.69 Å². The fourth-order valence-corrected chi connectivity index (χ4v) is 6.28. The molecule has 2 aliphatic carbocycles. The first-order valence-corrected chi connectivity index (χ1v) is 14.7. The van der Waals surface area contributed by atoms with Crippen molar-refractivity contribution in [2.75, 3.05) is 0 Å². The maximum absolute atomic E-state index is 14.3.